The average Bonchev–Trinajstić information content (AvgIpc) is 3.58. The second-order valence-electron chi connectivity index (χ2n) is 14.8. The number of piperidine rings is 1. The molecule has 13 heteroatoms. The Hall–Kier alpha value is -6.18. The van der Waals surface area contributed by atoms with E-state index in [2.05, 4.69) is 57.1 Å². The van der Waals surface area contributed by atoms with Gasteiger partial charge in [-0.15, -0.1) is 0 Å². The normalized spacial score (nSPS) is 14.3. The number of Topliss-reactive ketones (excluding diaryl/α,β-unsaturated/α-hetero) is 1. The Kier molecular flexibility index (Phi) is 13.2. The number of aromatic amines is 1. The molecule has 59 heavy (non-hydrogen) atoms. The number of rotatable bonds is 18. The first-order valence-electron chi connectivity index (χ1n) is 20.0. The van der Waals surface area contributed by atoms with Crippen LogP contribution >= 0.6 is 0 Å². The number of ketones is 1. The zero-order valence-electron chi connectivity index (χ0n) is 34.2. The van der Waals surface area contributed by atoms with E-state index in [1.54, 1.807) is 21.3 Å². The minimum Gasteiger partial charge on any atom is -0.496 e. The largest absolute Gasteiger partial charge is 0.496 e. The van der Waals surface area contributed by atoms with Gasteiger partial charge in [0.05, 0.1) is 39.0 Å². The van der Waals surface area contributed by atoms with Crippen molar-refractivity contribution in [1.29, 1.82) is 0 Å². The highest BCUT2D eigenvalue weighted by molar-refractivity contribution is 5.84. The first-order chi connectivity index (χ1) is 28.8. The van der Waals surface area contributed by atoms with Crippen molar-refractivity contribution in [2.75, 3.05) is 46.8 Å². The number of likely N-dealkylation sites (tertiary alicyclic amines) is 1. The Bertz CT molecular complexity index is 2400. The van der Waals surface area contributed by atoms with E-state index in [1.807, 2.05) is 54.6 Å². The highest BCUT2D eigenvalue weighted by Gasteiger charge is 2.30. The number of anilines is 1. The fraction of sp³-hybridized carbons (Fsp3) is 0.348. The van der Waals surface area contributed by atoms with E-state index in [-0.39, 0.29) is 42.5 Å². The predicted molar refractivity (Wildman–Crippen MR) is 227 cm³/mol. The SMILES string of the molecule is COCCOc1nc(N)c2[nH]c(=O)n(Cc3ccc(CCC(=O)[C@@H]4CCCCN4Cc4c(OC)cc(OCc5cccc(-c6ccccc6)c5C)cc4OC)cc3)c2n1. The highest BCUT2D eigenvalue weighted by atomic mass is 16.5. The van der Waals surface area contributed by atoms with Crippen LogP contribution in [0.15, 0.2) is 89.7 Å². The zero-order chi connectivity index (χ0) is 41.3. The third kappa shape index (κ3) is 9.59. The summed E-state index contributed by atoms with van der Waals surface area (Å²) in [7, 11) is 4.88. The number of nitrogen functional groups attached to an aromatic ring is 1. The van der Waals surface area contributed by atoms with Gasteiger partial charge in [0.2, 0.25) is 0 Å². The summed E-state index contributed by atoms with van der Waals surface area (Å²) in [5.74, 6) is 2.31. The Labute approximate surface area is 344 Å². The summed E-state index contributed by atoms with van der Waals surface area (Å²) in [5.41, 5.74) is 13.9. The van der Waals surface area contributed by atoms with Crippen molar-refractivity contribution in [2.24, 2.45) is 0 Å². The Morgan fingerprint density at radius 2 is 1.61 bits per heavy atom. The number of nitrogens with two attached hydrogens (primary N) is 1. The van der Waals surface area contributed by atoms with Crippen LogP contribution in [0.1, 0.15) is 53.5 Å². The van der Waals surface area contributed by atoms with Crippen molar-refractivity contribution in [3.8, 4) is 34.4 Å². The van der Waals surface area contributed by atoms with E-state index in [0.717, 1.165) is 48.1 Å². The fourth-order valence-electron chi connectivity index (χ4n) is 7.76. The van der Waals surface area contributed by atoms with E-state index in [9.17, 15) is 9.59 Å². The summed E-state index contributed by atoms with van der Waals surface area (Å²) >= 11 is 0. The molecule has 1 aliphatic rings. The number of imidazole rings is 1. The molecule has 4 aromatic carbocycles. The third-order valence-electron chi connectivity index (χ3n) is 11.0. The Morgan fingerprint density at radius 1 is 0.864 bits per heavy atom. The maximum atomic E-state index is 13.9. The molecule has 1 fully saturated rings. The van der Waals surface area contributed by atoms with Gasteiger partial charge in [-0.2, -0.15) is 9.97 Å². The lowest BCUT2D eigenvalue weighted by Crippen LogP contribution is -2.44. The number of fused-ring (bicyclic) bond motifs is 1. The standard InChI is InChI=1S/C46H52N6O7/c1-30-34(13-10-14-36(30)33-11-6-5-7-12-33)29-59-35-25-40(56-3)37(41(26-35)57-4)28-51-22-9-8-15-38(51)39(53)21-20-31-16-18-32(19-17-31)27-52-44-42(48-46(52)54)43(47)49-45(50-44)58-24-23-55-2/h5-7,10-14,16-19,25-26,38H,8-9,15,20-24,27-29H2,1-4H3,(H,48,54)(H2,47,49,50)/t38-/m0/s1. The smallest absolute Gasteiger partial charge is 0.328 e. The molecular formula is C46H52N6O7. The van der Waals surface area contributed by atoms with Gasteiger partial charge in [-0.3, -0.25) is 14.3 Å². The van der Waals surface area contributed by atoms with Gasteiger partial charge < -0.3 is 34.4 Å². The number of aromatic nitrogens is 4. The molecule has 13 nitrogen and oxygen atoms in total. The lowest BCUT2D eigenvalue weighted by molar-refractivity contribution is -0.125. The van der Waals surface area contributed by atoms with Crippen LogP contribution in [0.5, 0.6) is 23.3 Å². The minimum atomic E-state index is -0.350. The minimum absolute atomic E-state index is 0.0739. The first-order valence-corrected chi connectivity index (χ1v) is 20.0. The van der Waals surface area contributed by atoms with Crippen LogP contribution in [0, 0.1) is 6.92 Å². The van der Waals surface area contributed by atoms with E-state index >= 15 is 0 Å². The molecule has 308 valence electrons. The van der Waals surface area contributed by atoms with E-state index in [0.29, 0.717) is 61.0 Å². The van der Waals surface area contributed by atoms with Gasteiger partial charge >= 0.3 is 11.7 Å². The number of methoxy groups -OCH3 is 3. The van der Waals surface area contributed by atoms with Gasteiger partial charge in [-0.1, -0.05) is 79.2 Å². The van der Waals surface area contributed by atoms with Crippen LogP contribution in [-0.4, -0.2) is 77.3 Å². The van der Waals surface area contributed by atoms with Crippen LogP contribution in [0.2, 0.25) is 0 Å². The number of ether oxygens (including phenoxy) is 5. The molecule has 1 aliphatic heterocycles. The second kappa shape index (κ2) is 19.0. The zero-order valence-corrected chi connectivity index (χ0v) is 34.2. The van der Waals surface area contributed by atoms with Gasteiger partial charge in [-0.05, 0) is 66.1 Å². The van der Waals surface area contributed by atoms with Crippen molar-refractivity contribution in [2.45, 2.75) is 64.8 Å². The fourth-order valence-corrected chi connectivity index (χ4v) is 7.76. The molecule has 3 N–H and O–H groups in total. The molecule has 0 saturated carbocycles. The lowest BCUT2D eigenvalue weighted by Gasteiger charge is -2.35. The van der Waals surface area contributed by atoms with Gasteiger partial charge in [0, 0.05) is 32.2 Å². The van der Waals surface area contributed by atoms with E-state index < -0.39 is 0 Å². The number of benzene rings is 4. The molecule has 0 bridgehead atoms. The van der Waals surface area contributed by atoms with Crippen LogP contribution in [0.4, 0.5) is 5.82 Å². The number of aryl methyl sites for hydroxylation is 1. The molecule has 0 amide bonds. The highest BCUT2D eigenvalue weighted by Crippen LogP contribution is 2.37. The lowest BCUT2D eigenvalue weighted by atomic mass is 9.94. The van der Waals surface area contributed by atoms with Crippen molar-refractivity contribution in [1.82, 2.24) is 24.4 Å². The van der Waals surface area contributed by atoms with Crippen molar-refractivity contribution >= 4 is 22.8 Å². The number of nitrogens with zero attached hydrogens (tertiary/aromatic N) is 4. The molecule has 0 aliphatic carbocycles. The molecule has 3 heterocycles. The Balaban J connectivity index is 0.986. The van der Waals surface area contributed by atoms with Gasteiger partial charge in [0.15, 0.2) is 11.5 Å². The van der Waals surface area contributed by atoms with E-state index in [4.69, 9.17) is 29.4 Å². The summed E-state index contributed by atoms with van der Waals surface area (Å²) in [6.45, 7) is 4.72. The average molecular weight is 801 g/mol. The second-order valence-corrected chi connectivity index (χ2v) is 14.8. The van der Waals surface area contributed by atoms with E-state index in [1.165, 1.54) is 21.3 Å². The van der Waals surface area contributed by atoms with Crippen LogP contribution in [0.25, 0.3) is 22.3 Å². The van der Waals surface area contributed by atoms with Gasteiger partial charge in [0.25, 0.3) is 0 Å². The van der Waals surface area contributed by atoms with Crippen LogP contribution in [-0.2, 0) is 35.6 Å². The molecule has 1 saturated heterocycles. The van der Waals surface area contributed by atoms with Crippen LogP contribution in [0.3, 0.4) is 0 Å². The molecule has 1 atom stereocenters. The summed E-state index contributed by atoms with van der Waals surface area (Å²) in [4.78, 5) is 40.3. The number of H-pyrrole nitrogens is 1. The molecule has 0 spiro atoms. The van der Waals surface area contributed by atoms with Crippen molar-refractivity contribution in [3.05, 3.63) is 123 Å². The number of hydrogen-bond donors (Lipinski definition) is 2. The molecule has 0 unspecified atom stereocenters. The summed E-state index contributed by atoms with van der Waals surface area (Å²) in [6.07, 6.45) is 3.83. The summed E-state index contributed by atoms with van der Waals surface area (Å²) in [5, 5.41) is 0. The predicted octanol–water partition coefficient (Wildman–Crippen LogP) is 6.90. The summed E-state index contributed by atoms with van der Waals surface area (Å²) < 4.78 is 30.2. The maximum Gasteiger partial charge on any atom is 0.328 e. The number of carbonyl (C=O) groups excluding carboxylic acids is 1. The number of nitrogens with one attached hydrogen (secondary N) is 1. The van der Waals surface area contributed by atoms with Crippen molar-refractivity contribution in [3.63, 3.8) is 0 Å². The third-order valence-corrected chi connectivity index (χ3v) is 11.0. The first kappa shape index (κ1) is 41.0. The molecule has 0 radical (unpaired) electrons. The van der Waals surface area contributed by atoms with Crippen LogP contribution < -0.4 is 30.4 Å². The summed E-state index contributed by atoms with van der Waals surface area (Å²) in [6, 6.07) is 28.3. The molecular weight excluding hydrogens is 749 g/mol. The molecule has 2 aromatic heterocycles. The monoisotopic (exact) mass is 800 g/mol. The number of carbonyl (C=O) groups is 1. The maximum absolute atomic E-state index is 13.9. The number of hydrogen-bond acceptors (Lipinski definition) is 11. The topological polar surface area (TPSA) is 156 Å². The van der Waals surface area contributed by atoms with Gasteiger partial charge in [0.1, 0.15) is 41.8 Å². The van der Waals surface area contributed by atoms with Gasteiger partial charge in [-0.25, -0.2) is 4.79 Å². The molecule has 7 rings (SSSR count). The molecule has 6 aromatic rings. The van der Waals surface area contributed by atoms with Crippen molar-refractivity contribution < 1.29 is 28.5 Å². The Morgan fingerprint density at radius 3 is 2.34 bits per heavy atom. The quantitative estimate of drug-likeness (QED) is 0.0872.